The largest absolute Gasteiger partial charge is 0.508 e. The highest BCUT2D eigenvalue weighted by Gasteiger charge is 2.25. The minimum atomic E-state index is -0.744. The molecular formula is C15H12O7. The molecule has 0 fully saturated rings. The van der Waals surface area contributed by atoms with Gasteiger partial charge in [-0.05, 0) is 18.6 Å². The van der Waals surface area contributed by atoms with Gasteiger partial charge in [-0.1, -0.05) is 0 Å². The molecular weight excluding hydrogens is 292 g/mol. The second kappa shape index (κ2) is 4.45. The number of rotatable bonds is 1. The molecule has 1 heterocycles. The second-order valence-electron chi connectivity index (χ2n) is 4.85. The first-order chi connectivity index (χ1) is 10.4. The van der Waals surface area contributed by atoms with Crippen LogP contribution >= 0.6 is 0 Å². The highest BCUT2D eigenvalue weighted by molar-refractivity contribution is 6.00. The highest BCUT2D eigenvalue weighted by atomic mass is 16.5. The molecule has 0 unspecified atom stereocenters. The lowest BCUT2D eigenvalue weighted by atomic mass is 10.1. The summed E-state index contributed by atoms with van der Waals surface area (Å²) in [6.45, 7) is 1.60. The van der Waals surface area contributed by atoms with E-state index in [-0.39, 0.29) is 22.1 Å². The predicted molar refractivity (Wildman–Crippen MR) is 77.9 cm³/mol. The van der Waals surface area contributed by atoms with Crippen LogP contribution in [0.3, 0.4) is 0 Å². The first kappa shape index (κ1) is 13.9. The third-order valence-corrected chi connectivity index (χ3v) is 3.49. The Labute approximate surface area is 123 Å². The van der Waals surface area contributed by atoms with Gasteiger partial charge in [-0.25, -0.2) is 0 Å². The molecule has 0 saturated carbocycles. The molecule has 7 heteroatoms. The summed E-state index contributed by atoms with van der Waals surface area (Å²) in [5.41, 5.74) is -0.538. The highest BCUT2D eigenvalue weighted by Crippen LogP contribution is 2.48. The van der Waals surface area contributed by atoms with E-state index in [1.165, 1.54) is 19.2 Å². The normalized spacial score (nSPS) is 11.2. The second-order valence-corrected chi connectivity index (χ2v) is 4.85. The summed E-state index contributed by atoms with van der Waals surface area (Å²) in [4.78, 5) is 12.6. The van der Waals surface area contributed by atoms with Crippen LogP contribution in [0.25, 0.3) is 21.9 Å². The molecule has 1 aromatic heterocycles. The van der Waals surface area contributed by atoms with Crippen LogP contribution in [0.5, 0.6) is 28.7 Å². The number of benzene rings is 2. The SMILES string of the molecule is COc1c(O)c(O)c2oc3cc(O)cc(C)c3c(=O)c2c1O. The molecule has 0 amide bonds. The fraction of sp³-hybridized carbons (Fsp3) is 0.133. The maximum absolute atomic E-state index is 12.6. The zero-order valence-corrected chi connectivity index (χ0v) is 11.7. The Morgan fingerprint density at radius 1 is 1.00 bits per heavy atom. The van der Waals surface area contributed by atoms with Crippen molar-refractivity contribution in [2.75, 3.05) is 7.11 Å². The van der Waals surface area contributed by atoms with Crippen molar-refractivity contribution in [2.45, 2.75) is 6.92 Å². The van der Waals surface area contributed by atoms with Crippen LogP contribution in [-0.4, -0.2) is 27.5 Å². The molecule has 0 radical (unpaired) electrons. The minimum Gasteiger partial charge on any atom is -0.508 e. The Morgan fingerprint density at radius 2 is 1.68 bits per heavy atom. The fourth-order valence-corrected chi connectivity index (χ4v) is 2.51. The van der Waals surface area contributed by atoms with Crippen LogP contribution < -0.4 is 10.2 Å². The predicted octanol–water partition coefficient (Wildman–Crippen LogP) is 2.09. The van der Waals surface area contributed by atoms with E-state index in [0.717, 1.165) is 0 Å². The van der Waals surface area contributed by atoms with Gasteiger partial charge in [-0.2, -0.15) is 0 Å². The molecule has 0 aliphatic carbocycles. The van der Waals surface area contributed by atoms with Crippen LogP contribution in [0.15, 0.2) is 21.3 Å². The number of aryl methyl sites for hydroxylation is 1. The molecule has 0 bridgehead atoms. The van der Waals surface area contributed by atoms with Gasteiger partial charge in [0.1, 0.15) is 16.7 Å². The van der Waals surface area contributed by atoms with E-state index in [2.05, 4.69) is 0 Å². The monoisotopic (exact) mass is 304 g/mol. The van der Waals surface area contributed by atoms with Gasteiger partial charge in [0.15, 0.2) is 11.3 Å². The maximum Gasteiger partial charge on any atom is 0.208 e. The number of aromatic hydroxyl groups is 4. The summed E-state index contributed by atoms with van der Waals surface area (Å²) >= 11 is 0. The van der Waals surface area contributed by atoms with Crippen LogP contribution in [0.2, 0.25) is 0 Å². The molecule has 0 spiro atoms. The first-order valence-corrected chi connectivity index (χ1v) is 6.27. The number of fused-ring (bicyclic) bond motifs is 2. The van der Waals surface area contributed by atoms with Crippen molar-refractivity contribution in [1.82, 2.24) is 0 Å². The molecule has 0 aliphatic rings. The van der Waals surface area contributed by atoms with Crippen molar-refractivity contribution in [3.05, 3.63) is 27.9 Å². The number of hydrogen-bond acceptors (Lipinski definition) is 7. The van der Waals surface area contributed by atoms with E-state index in [1.54, 1.807) is 6.92 Å². The lowest BCUT2D eigenvalue weighted by Crippen LogP contribution is -2.05. The van der Waals surface area contributed by atoms with Gasteiger partial charge < -0.3 is 29.6 Å². The zero-order chi connectivity index (χ0) is 16.2. The number of methoxy groups -OCH3 is 1. The molecule has 0 aliphatic heterocycles. The maximum atomic E-state index is 12.6. The van der Waals surface area contributed by atoms with E-state index in [0.29, 0.717) is 5.56 Å². The summed E-state index contributed by atoms with van der Waals surface area (Å²) in [6, 6.07) is 2.58. The Hall–Kier alpha value is -3.09. The van der Waals surface area contributed by atoms with E-state index >= 15 is 0 Å². The van der Waals surface area contributed by atoms with Crippen molar-refractivity contribution >= 4 is 21.9 Å². The number of phenolic OH excluding ortho intramolecular Hbond substituents is 4. The van der Waals surface area contributed by atoms with Crippen molar-refractivity contribution in [1.29, 1.82) is 0 Å². The minimum absolute atomic E-state index is 0.0225. The average molecular weight is 304 g/mol. The van der Waals surface area contributed by atoms with Crippen LogP contribution in [0.1, 0.15) is 5.56 Å². The van der Waals surface area contributed by atoms with E-state index in [4.69, 9.17) is 9.15 Å². The Bertz CT molecular complexity index is 985. The topological polar surface area (TPSA) is 120 Å². The first-order valence-electron chi connectivity index (χ1n) is 6.27. The molecule has 3 aromatic rings. The fourth-order valence-electron chi connectivity index (χ4n) is 2.51. The number of phenols is 4. The third kappa shape index (κ3) is 1.65. The lowest BCUT2D eigenvalue weighted by molar-refractivity contribution is 0.331. The summed E-state index contributed by atoms with van der Waals surface area (Å²) in [7, 11) is 1.17. The third-order valence-electron chi connectivity index (χ3n) is 3.49. The Kier molecular flexibility index (Phi) is 2.81. The molecule has 2 aromatic carbocycles. The molecule has 4 N–H and O–H groups in total. The van der Waals surface area contributed by atoms with E-state index < -0.39 is 34.0 Å². The summed E-state index contributed by atoms with van der Waals surface area (Å²) in [5, 5.41) is 39.3. The van der Waals surface area contributed by atoms with Gasteiger partial charge in [0, 0.05) is 6.07 Å². The lowest BCUT2D eigenvalue weighted by Gasteiger charge is -2.12. The summed E-state index contributed by atoms with van der Waals surface area (Å²) < 4.78 is 10.2. The standard InChI is InChI=1S/C15H12O7/c1-5-3-6(16)4-7-8(5)10(17)9-11(18)15(21-2)13(20)12(19)14(9)22-7/h3-4,16,18-20H,1-2H3. The molecule has 0 atom stereocenters. The number of ether oxygens (including phenoxy) is 1. The van der Waals surface area contributed by atoms with Gasteiger partial charge in [-0.3, -0.25) is 4.79 Å². The van der Waals surface area contributed by atoms with Crippen LogP contribution in [0, 0.1) is 6.92 Å². The molecule has 0 saturated heterocycles. The quantitative estimate of drug-likeness (QED) is 0.308. The number of hydrogen-bond donors (Lipinski definition) is 4. The van der Waals surface area contributed by atoms with E-state index in [9.17, 15) is 25.2 Å². The van der Waals surface area contributed by atoms with Gasteiger partial charge in [0.2, 0.25) is 22.7 Å². The summed E-state index contributed by atoms with van der Waals surface area (Å²) in [5.74, 6) is -2.64. The molecule has 7 nitrogen and oxygen atoms in total. The summed E-state index contributed by atoms with van der Waals surface area (Å²) in [6.07, 6.45) is 0. The van der Waals surface area contributed by atoms with Crippen molar-refractivity contribution in [3.8, 4) is 28.7 Å². The van der Waals surface area contributed by atoms with Crippen molar-refractivity contribution < 1.29 is 29.6 Å². The Balaban J connectivity index is 2.67. The van der Waals surface area contributed by atoms with Gasteiger partial charge in [0.25, 0.3) is 0 Å². The van der Waals surface area contributed by atoms with Crippen LogP contribution in [0.4, 0.5) is 0 Å². The van der Waals surface area contributed by atoms with Gasteiger partial charge >= 0.3 is 0 Å². The molecule has 3 rings (SSSR count). The van der Waals surface area contributed by atoms with Gasteiger partial charge in [0.05, 0.1) is 12.5 Å². The van der Waals surface area contributed by atoms with Crippen molar-refractivity contribution in [3.63, 3.8) is 0 Å². The van der Waals surface area contributed by atoms with Crippen molar-refractivity contribution in [2.24, 2.45) is 0 Å². The molecule has 22 heavy (non-hydrogen) atoms. The van der Waals surface area contributed by atoms with E-state index in [1.807, 2.05) is 0 Å². The van der Waals surface area contributed by atoms with Crippen LogP contribution in [-0.2, 0) is 0 Å². The smallest absolute Gasteiger partial charge is 0.208 e. The van der Waals surface area contributed by atoms with Gasteiger partial charge in [-0.15, -0.1) is 0 Å². The zero-order valence-electron chi connectivity index (χ0n) is 11.7. The Morgan fingerprint density at radius 3 is 2.32 bits per heavy atom. The molecule has 114 valence electrons. The average Bonchev–Trinajstić information content (AvgIpc) is 2.44.